The van der Waals surface area contributed by atoms with Crippen molar-refractivity contribution in [3.05, 3.63) is 34.7 Å². The second-order valence-corrected chi connectivity index (χ2v) is 7.11. The van der Waals surface area contributed by atoms with E-state index in [1.165, 1.54) is 11.5 Å². The summed E-state index contributed by atoms with van der Waals surface area (Å²) in [6, 6.07) is 0. The van der Waals surface area contributed by atoms with Gasteiger partial charge in [0.05, 0.1) is 5.69 Å². The number of amides is 1. The molecule has 6 heteroatoms. The predicted molar refractivity (Wildman–Crippen MR) is 95.6 cm³/mol. The molecule has 0 aromatic carbocycles. The van der Waals surface area contributed by atoms with Gasteiger partial charge in [-0.25, -0.2) is 4.98 Å². The highest BCUT2D eigenvalue weighted by atomic mass is 16.5. The topological polar surface area (TPSA) is 64.2 Å². The summed E-state index contributed by atoms with van der Waals surface area (Å²) in [6.07, 6.45) is 6.14. The van der Waals surface area contributed by atoms with Crippen molar-refractivity contribution < 1.29 is 9.32 Å². The lowest BCUT2D eigenvalue weighted by molar-refractivity contribution is 0.0687. The summed E-state index contributed by atoms with van der Waals surface area (Å²) in [7, 11) is 0. The quantitative estimate of drug-likeness (QED) is 0.835. The summed E-state index contributed by atoms with van der Waals surface area (Å²) in [4.78, 5) is 19.3. The zero-order valence-corrected chi connectivity index (χ0v) is 15.7. The van der Waals surface area contributed by atoms with Crippen LogP contribution in [0.2, 0.25) is 0 Å². The summed E-state index contributed by atoms with van der Waals surface area (Å²) in [5.74, 6) is 2.45. The second kappa shape index (κ2) is 7.42. The number of carbonyl (C=O) groups is 1. The van der Waals surface area contributed by atoms with E-state index < -0.39 is 0 Å². The van der Waals surface area contributed by atoms with Gasteiger partial charge in [0, 0.05) is 37.9 Å². The molecule has 0 atom stereocenters. The maximum Gasteiger partial charge on any atom is 0.259 e. The van der Waals surface area contributed by atoms with Gasteiger partial charge in [-0.05, 0) is 46.0 Å². The number of piperidine rings is 1. The lowest BCUT2D eigenvalue weighted by Gasteiger charge is -2.32. The van der Waals surface area contributed by atoms with E-state index in [0.717, 1.165) is 45.3 Å². The van der Waals surface area contributed by atoms with Crippen molar-refractivity contribution in [2.45, 2.75) is 59.9 Å². The first-order valence-electron chi connectivity index (χ1n) is 9.24. The number of hydrogen-bond acceptors (Lipinski definition) is 4. The molecule has 0 N–H and O–H groups in total. The molecule has 136 valence electrons. The van der Waals surface area contributed by atoms with Crippen molar-refractivity contribution in [3.63, 3.8) is 0 Å². The van der Waals surface area contributed by atoms with Crippen molar-refractivity contribution in [2.75, 3.05) is 13.1 Å². The molecule has 1 aliphatic rings. The molecular weight excluding hydrogens is 316 g/mol. The van der Waals surface area contributed by atoms with Gasteiger partial charge in [-0.2, -0.15) is 0 Å². The molecule has 3 heterocycles. The van der Waals surface area contributed by atoms with Crippen LogP contribution < -0.4 is 0 Å². The van der Waals surface area contributed by atoms with Crippen LogP contribution in [0.5, 0.6) is 0 Å². The molecule has 1 amide bonds. The van der Waals surface area contributed by atoms with Crippen LogP contribution in [0.1, 0.15) is 59.5 Å². The van der Waals surface area contributed by atoms with Crippen molar-refractivity contribution in [1.82, 2.24) is 19.6 Å². The first kappa shape index (κ1) is 17.7. The normalized spacial score (nSPS) is 15.8. The highest BCUT2D eigenvalue weighted by Gasteiger charge is 2.28. The Bertz CT molecular complexity index is 719. The maximum atomic E-state index is 12.7. The van der Waals surface area contributed by atoms with Gasteiger partial charge in [-0.15, -0.1) is 0 Å². The van der Waals surface area contributed by atoms with Crippen molar-refractivity contribution in [1.29, 1.82) is 0 Å². The third-order valence-corrected chi connectivity index (χ3v) is 5.21. The molecular formula is C19H28N4O2. The van der Waals surface area contributed by atoms with Crippen LogP contribution in [-0.2, 0) is 13.0 Å². The fourth-order valence-corrected chi connectivity index (χ4v) is 3.75. The molecule has 0 unspecified atom stereocenters. The standard InChI is InChI=1S/C19H28N4O2/c1-5-8-23-13(2)12-20-17(23)11-16-6-9-22(10-7-16)19(24)18-14(3)21-25-15(18)4/h12,16H,5-11H2,1-4H3. The molecule has 0 spiro atoms. The van der Waals surface area contributed by atoms with Gasteiger partial charge < -0.3 is 14.0 Å². The van der Waals surface area contributed by atoms with Crippen LogP contribution in [0.25, 0.3) is 0 Å². The van der Waals surface area contributed by atoms with Gasteiger partial charge in [-0.1, -0.05) is 12.1 Å². The van der Waals surface area contributed by atoms with E-state index in [9.17, 15) is 4.79 Å². The van der Waals surface area contributed by atoms with Crippen LogP contribution in [0.4, 0.5) is 0 Å². The van der Waals surface area contributed by atoms with Gasteiger partial charge in [-0.3, -0.25) is 4.79 Å². The van der Waals surface area contributed by atoms with Gasteiger partial charge in [0.25, 0.3) is 5.91 Å². The van der Waals surface area contributed by atoms with E-state index in [-0.39, 0.29) is 5.91 Å². The van der Waals surface area contributed by atoms with Crippen LogP contribution in [0, 0.1) is 26.7 Å². The Morgan fingerprint density at radius 1 is 1.28 bits per heavy atom. The van der Waals surface area contributed by atoms with Gasteiger partial charge in [0.1, 0.15) is 17.1 Å². The fraction of sp³-hybridized carbons (Fsp3) is 0.632. The number of rotatable bonds is 5. The first-order valence-corrected chi connectivity index (χ1v) is 9.24. The molecule has 25 heavy (non-hydrogen) atoms. The lowest BCUT2D eigenvalue weighted by Crippen LogP contribution is -2.39. The Kier molecular flexibility index (Phi) is 5.25. The number of aryl methyl sites for hydroxylation is 3. The summed E-state index contributed by atoms with van der Waals surface area (Å²) in [5, 5.41) is 3.90. The van der Waals surface area contributed by atoms with Gasteiger partial charge >= 0.3 is 0 Å². The van der Waals surface area contributed by atoms with E-state index in [1.54, 1.807) is 6.92 Å². The molecule has 2 aromatic rings. The summed E-state index contributed by atoms with van der Waals surface area (Å²) in [5.41, 5.74) is 2.55. The minimum absolute atomic E-state index is 0.0537. The van der Waals surface area contributed by atoms with Gasteiger partial charge in [0.15, 0.2) is 0 Å². The average molecular weight is 344 g/mol. The Balaban J connectivity index is 1.60. The Hall–Kier alpha value is -2.11. The van der Waals surface area contributed by atoms with Crippen LogP contribution >= 0.6 is 0 Å². The van der Waals surface area contributed by atoms with Crippen molar-refractivity contribution >= 4 is 5.91 Å². The molecule has 1 saturated heterocycles. The number of carbonyl (C=O) groups excluding carboxylic acids is 1. The monoisotopic (exact) mass is 344 g/mol. The molecule has 6 nitrogen and oxygen atoms in total. The number of hydrogen-bond donors (Lipinski definition) is 0. The summed E-state index contributed by atoms with van der Waals surface area (Å²) < 4.78 is 7.47. The maximum absolute atomic E-state index is 12.7. The van der Waals surface area contributed by atoms with Crippen LogP contribution in [0.3, 0.4) is 0 Å². The van der Waals surface area contributed by atoms with E-state index in [0.29, 0.717) is 22.9 Å². The second-order valence-electron chi connectivity index (χ2n) is 7.11. The highest BCUT2D eigenvalue weighted by Crippen LogP contribution is 2.24. The smallest absolute Gasteiger partial charge is 0.259 e. The van der Waals surface area contributed by atoms with E-state index >= 15 is 0 Å². The predicted octanol–water partition coefficient (Wildman–Crippen LogP) is 3.30. The number of aromatic nitrogens is 3. The minimum Gasteiger partial charge on any atom is -0.361 e. The van der Waals surface area contributed by atoms with E-state index in [2.05, 4.69) is 28.6 Å². The highest BCUT2D eigenvalue weighted by molar-refractivity contribution is 5.96. The molecule has 0 radical (unpaired) electrons. The number of nitrogens with zero attached hydrogens (tertiary/aromatic N) is 4. The summed E-state index contributed by atoms with van der Waals surface area (Å²) >= 11 is 0. The molecule has 0 aliphatic carbocycles. The first-order chi connectivity index (χ1) is 12.0. The molecule has 1 aliphatic heterocycles. The molecule has 0 saturated carbocycles. The van der Waals surface area contributed by atoms with Crippen LogP contribution in [0.15, 0.2) is 10.7 Å². The average Bonchev–Trinajstić information content (AvgIpc) is 3.11. The third-order valence-electron chi connectivity index (χ3n) is 5.21. The lowest BCUT2D eigenvalue weighted by atomic mass is 9.92. The SMILES string of the molecule is CCCn1c(C)cnc1CC1CCN(C(=O)c2c(C)noc2C)CC1. The molecule has 0 bridgehead atoms. The zero-order chi connectivity index (χ0) is 18.0. The third kappa shape index (κ3) is 3.62. The van der Waals surface area contributed by atoms with Crippen molar-refractivity contribution in [2.24, 2.45) is 5.92 Å². The Morgan fingerprint density at radius 3 is 2.60 bits per heavy atom. The fourth-order valence-electron chi connectivity index (χ4n) is 3.75. The van der Waals surface area contributed by atoms with E-state index in [1.807, 2.05) is 18.0 Å². The van der Waals surface area contributed by atoms with Crippen LogP contribution in [-0.4, -0.2) is 38.6 Å². The van der Waals surface area contributed by atoms with Crippen molar-refractivity contribution in [3.8, 4) is 0 Å². The molecule has 1 fully saturated rings. The largest absolute Gasteiger partial charge is 0.361 e. The Morgan fingerprint density at radius 2 is 2.00 bits per heavy atom. The minimum atomic E-state index is 0.0537. The number of imidazole rings is 1. The summed E-state index contributed by atoms with van der Waals surface area (Å²) in [6.45, 7) is 10.6. The number of likely N-dealkylation sites (tertiary alicyclic amines) is 1. The Labute approximate surface area is 149 Å². The zero-order valence-electron chi connectivity index (χ0n) is 15.7. The van der Waals surface area contributed by atoms with Gasteiger partial charge in [0.2, 0.25) is 0 Å². The molecule has 2 aromatic heterocycles. The van der Waals surface area contributed by atoms with E-state index in [4.69, 9.17) is 4.52 Å². The molecule has 3 rings (SSSR count).